The summed E-state index contributed by atoms with van der Waals surface area (Å²) in [5, 5.41) is 0. The molecule has 5 heteroatoms. The van der Waals surface area contributed by atoms with Gasteiger partial charge in [0.15, 0.2) is 0 Å². The number of nitrogens with one attached hydrogen (secondary N) is 2. The summed E-state index contributed by atoms with van der Waals surface area (Å²) in [6, 6.07) is -0.223. The molecule has 0 aromatic carbocycles. The average molecular weight is 204 g/mol. The van der Waals surface area contributed by atoms with E-state index in [-0.39, 0.29) is 6.04 Å². The van der Waals surface area contributed by atoms with Crippen LogP contribution in [0.4, 0.5) is 0 Å². The molecule has 0 rings (SSSR count). The highest BCUT2D eigenvalue weighted by atomic mass is 32.2. The maximum atomic E-state index is 11.2. The Morgan fingerprint density at radius 1 is 1.54 bits per heavy atom. The lowest BCUT2D eigenvalue weighted by Gasteiger charge is -2.11. The minimum absolute atomic E-state index is 0.223. The van der Waals surface area contributed by atoms with Crippen LogP contribution in [0.3, 0.4) is 0 Å². The molecule has 0 amide bonds. The van der Waals surface area contributed by atoms with E-state index >= 15 is 0 Å². The molecule has 0 spiro atoms. The fourth-order valence-electron chi connectivity index (χ4n) is 0.761. The number of rotatable bonds is 6. The van der Waals surface area contributed by atoms with Crippen molar-refractivity contribution >= 4 is 10.2 Å². The van der Waals surface area contributed by atoms with E-state index in [0.717, 1.165) is 6.42 Å². The molecule has 0 aromatic heterocycles. The molecule has 1 atom stereocenters. The van der Waals surface area contributed by atoms with Gasteiger partial charge in [-0.25, -0.2) is 4.72 Å². The normalized spacial score (nSPS) is 13.6. The fourth-order valence-corrected chi connectivity index (χ4v) is 1.93. The highest BCUT2D eigenvalue weighted by molar-refractivity contribution is 7.87. The third-order valence-corrected chi connectivity index (χ3v) is 2.62. The molecule has 0 radical (unpaired) electrons. The fraction of sp³-hybridized carbons (Fsp3) is 0.750. The van der Waals surface area contributed by atoms with E-state index in [4.69, 9.17) is 6.42 Å². The SMILES string of the molecule is C#CCC(C)NS(=O)(=O)NCCC. The van der Waals surface area contributed by atoms with Crippen molar-refractivity contribution in [1.82, 2.24) is 9.44 Å². The van der Waals surface area contributed by atoms with Crippen LogP contribution in [-0.4, -0.2) is 21.0 Å². The molecule has 0 saturated carbocycles. The van der Waals surface area contributed by atoms with Gasteiger partial charge in [-0.3, -0.25) is 0 Å². The Labute approximate surface area is 80.3 Å². The highest BCUT2D eigenvalue weighted by Gasteiger charge is 2.11. The van der Waals surface area contributed by atoms with Crippen molar-refractivity contribution in [3.8, 4) is 12.3 Å². The summed E-state index contributed by atoms with van der Waals surface area (Å²) in [4.78, 5) is 0. The second-order valence-corrected chi connectivity index (χ2v) is 4.36. The minimum Gasteiger partial charge on any atom is -0.202 e. The first-order valence-corrected chi connectivity index (χ1v) is 5.70. The van der Waals surface area contributed by atoms with E-state index in [9.17, 15) is 8.42 Å². The van der Waals surface area contributed by atoms with Gasteiger partial charge >= 0.3 is 0 Å². The van der Waals surface area contributed by atoms with Crippen LogP contribution >= 0.6 is 0 Å². The predicted molar refractivity (Wildman–Crippen MR) is 53.3 cm³/mol. The molecule has 0 fully saturated rings. The van der Waals surface area contributed by atoms with Crippen molar-refractivity contribution in [3.63, 3.8) is 0 Å². The van der Waals surface area contributed by atoms with Crippen molar-refractivity contribution in [2.24, 2.45) is 0 Å². The van der Waals surface area contributed by atoms with Crippen molar-refractivity contribution in [2.75, 3.05) is 6.54 Å². The predicted octanol–water partition coefficient (Wildman–Crippen LogP) is 0.232. The van der Waals surface area contributed by atoms with Gasteiger partial charge in [0.1, 0.15) is 0 Å². The maximum absolute atomic E-state index is 11.2. The van der Waals surface area contributed by atoms with E-state index < -0.39 is 10.2 Å². The van der Waals surface area contributed by atoms with Crippen LogP contribution in [0.1, 0.15) is 26.7 Å². The second-order valence-electron chi connectivity index (χ2n) is 2.82. The Bertz CT molecular complexity index is 266. The Hall–Kier alpha value is -0.570. The molecular weight excluding hydrogens is 188 g/mol. The van der Waals surface area contributed by atoms with E-state index in [2.05, 4.69) is 15.4 Å². The van der Waals surface area contributed by atoms with Crippen LogP contribution in [0.2, 0.25) is 0 Å². The Kier molecular flexibility index (Phi) is 5.71. The van der Waals surface area contributed by atoms with Gasteiger partial charge in [0.25, 0.3) is 10.2 Å². The summed E-state index contributed by atoms with van der Waals surface area (Å²) in [6.07, 6.45) is 6.21. The molecule has 76 valence electrons. The lowest BCUT2D eigenvalue weighted by Crippen LogP contribution is -2.41. The van der Waals surface area contributed by atoms with Crippen LogP contribution in [0.25, 0.3) is 0 Å². The molecule has 0 aliphatic heterocycles. The van der Waals surface area contributed by atoms with Gasteiger partial charge in [-0.05, 0) is 13.3 Å². The standard InChI is InChI=1S/C8H16N2O2S/c1-4-6-8(3)10-13(11,12)9-7-5-2/h1,8-10H,5-7H2,2-3H3. The van der Waals surface area contributed by atoms with Crippen molar-refractivity contribution in [2.45, 2.75) is 32.7 Å². The third kappa shape index (κ3) is 6.58. The number of hydrogen-bond acceptors (Lipinski definition) is 2. The summed E-state index contributed by atoms with van der Waals surface area (Å²) in [5.41, 5.74) is 0. The zero-order valence-electron chi connectivity index (χ0n) is 8.00. The van der Waals surface area contributed by atoms with Crippen molar-refractivity contribution in [3.05, 3.63) is 0 Å². The Morgan fingerprint density at radius 3 is 2.62 bits per heavy atom. The van der Waals surface area contributed by atoms with Gasteiger partial charge in [0, 0.05) is 19.0 Å². The van der Waals surface area contributed by atoms with E-state index in [0.29, 0.717) is 13.0 Å². The van der Waals surface area contributed by atoms with Gasteiger partial charge in [-0.1, -0.05) is 6.92 Å². The topological polar surface area (TPSA) is 58.2 Å². The largest absolute Gasteiger partial charge is 0.277 e. The van der Waals surface area contributed by atoms with Gasteiger partial charge < -0.3 is 0 Å². The zero-order chi connectivity index (χ0) is 10.3. The van der Waals surface area contributed by atoms with Crippen molar-refractivity contribution in [1.29, 1.82) is 0 Å². The maximum Gasteiger partial charge on any atom is 0.277 e. The van der Waals surface area contributed by atoms with Crippen molar-refractivity contribution < 1.29 is 8.42 Å². The van der Waals surface area contributed by atoms with Crippen LogP contribution in [0, 0.1) is 12.3 Å². The Balaban J connectivity index is 3.96. The molecule has 4 nitrogen and oxygen atoms in total. The first kappa shape index (κ1) is 12.4. The lowest BCUT2D eigenvalue weighted by atomic mass is 10.3. The molecule has 0 heterocycles. The van der Waals surface area contributed by atoms with Crippen LogP contribution in [-0.2, 0) is 10.2 Å². The lowest BCUT2D eigenvalue weighted by molar-refractivity contribution is 0.548. The van der Waals surface area contributed by atoms with E-state index in [1.807, 2.05) is 6.92 Å². The molecule has 13 heavy (non-hydrogen) atoms. The van der Waals surface area contributed by atoms with Gasteiger partial charge in [-0.15, -0.1) is 12.3 Å². The third-order valence-electron chi connectivity index (χ3n) is 1.32. The molecule has 0 saturated heterocycles. The highest BCUT2D eigenvalue weighted by Crippen LogP contribution is 1.90. The van der Waals surface area contributed by atoms with Crippen LogP contribution in [0.5, 0.6) is 0 Å². The van der Waals surface area contributed by atoms with Gasteiger partial charge in [-0.2, -0.15) is 13.1 Å². The van der Waals surface area contributed by atoms with Crippen LogP contribution in [0.15, 0.2) is 0 Å². The molecule has 0 aromatic rings. The Morgan fingerprint density at radius 2 is 2.15 bits per heavy atom. The van der Waals surface area contributed by atoms with E-state index in [1.54, 1.807) is 6.92 Å². The summed E-state index contributed by atoms with van der Waals surface area (Å²) >= 11 is 0. The summed E-state index contributed by atoms with van der Waals surface area (Å²) in [6.45, 7) is 4.07. The average Bonchev–Trinajstić information content (AvgIpc) is 2.00. The molecule has 0 bridgehead atoms. The minimum atomic E-state index is -3.36. The molecule has 1 unspecified atom stereocenters. The zero-order valence-corrected chi connectivity index (χ0v) is 8.82. The van der Waals surface area contributed by atoms with Crippen LogP contribution < -0.4 is 9.44 Å². The number of hydrogen-bond donors (Lipinski definition) is 2. The van der Waals surface area contributed by atoms with E-state index in [1.165, 1.54) is 0 Å². The smallest absolute Gasteiger partial charge is 0.202 e. The number of terminal acetylenes is 1. The molecule has 2 N–H and O–H groups in total. The van der Waals surface area contributed by atoms with Gasteiger partial charge in [0.05, 0.1) is 0 Å². The quantitative estimate of drug-likeness (QED) is 0.609. The first-order valence-electron chi connectivity index (χ1n) is 4.22. The monoisotopic (exact) mass is 204 g/mol. The molecular formula is C8H16N2O2S. The second kappa shape index (κ2) is 5.97. The van der Waals surface area contributed by atoms with Gasteiger partial charge in [0.2, 0.25) is 0 Å². The summed E-state index contributed by atoms with van der Waals surface area (Å²) in [7, 11) is -3.36. The first-order chi connectivity index (χ1) is 6.02. The summed E-state index contributed by atoms with van der Waals surface area (Å²) in [5.74, 6) is 2.39. The summed E-state index contributed by atoms with van der Waals surface area (Å²) < 4.78 is 27.2. The molecule has 0 aliphatic carbocycles. The molecule has 0 aliphatic rings.